The average Bonchev–Trinajstić information content (AvgIpc) is 2.33. The lowest BCUT2D eigenvalue weighted by Gasteiger charge is -2.02. The fraction of sp³-hybridized carbons (Fsp3) is 0.231. The normalized spacial score (nSPS) is 10.4. The lowest BCUT2D eigenvalue weighted by Crippen LogP contribution is -2.04. The van der Waals surface area contributed by atoms with E-state index in [9.17, 15) is 9.59 Å². The van der Waals surface area contributed by atoms with Crippen LogP contribution in [0.3, 0.4) is 0 Å². The van der Waals surface area contributed by atoms with Crippen molar-refractivity contribution in [2.45, 2.75) is 12.8 Å². The van der Waals surface area contributed by atoms with Gasteiger partial charge in [-0.2, -0.15) is 0 Å². The average molecular weight is 234 g/mol. The maximum Gasteiger partial charge on any atom is 0.331 e. The van der Waals surface area contributed by atoms with E-state index in [1.54, 1.807) is 0 Å². The van der Waals surface area contributed by atoms with Crippen LogP contribution in [0.15, 0.2) is 42.5 Å². The van der Waals surface area contributed by atoms with Crippen LogP contribution in [0, 0.1) is 0 Å². The van der Waals surface area contributed by atoms with E-state index >= 15 is 0 Å². The van der Waals surface area contributed by atoms with Gasteiger partial charge in [0, 0.05) is 12.2 Å². The summed E-state index contributed by atoms with van der Waals surface area (Å²) in [4.78, 5) is 21.1. The number of hydrogen-bond acceptors (Lipinski definition) is 3. The Kier molecular flexibility index (Phi) is 5.51. The number of carboxylic acids is 1. The van der Waals surface area contributed by atoms with Crippen molar-refractivity contribution in [1.82, 2.24) is 0 Å². The zero-order valence-corrected chi connectivity index (χ0v) is 9.33. The number of carbonyl (C=O) groups excluding carboxylic acids is 1. The largest absolute Gasteiger partial charge is 0.478 e. The molecule has 0 radical (unpaired) electrons. The van der Waals surface area contributed by atoms with E-state index in [1.165, 1.54) is 5.56 Å². The highest BCUT2D eigenvalue weighted by atomic mass is 16.5. The number of benzene rings is 1. The molecule has 0 bridgehead atoms. The number of esters is 1. The third-order valence-electron chi connectivity index (χ3n) is 2.06. The molecule has 0 atom stereocenters. The van der Waals surface area contributed by atoms with Crippen LogP contribution >= 0.6 is 0 Å². The van der Waals surface area contributed by atoms with Gasteiger partial charge in [-0.05, 0) is 18.4 Å². The van der Waals surface area contributed by atoms with Crippen molar-refractivity contribution in [3.8, 4) is 0 Å². The minimum absolute atomic E-state index is 0.289. The van der Waals surface area contributed by atoms with Crippen LogP contribution in [-0.4, -0.2) is 23.7 Å². The number of carbonyl (C=O) groups is 2. The molecule has 1 rings (SSSR count). The summed E-state index contributed by atoms with van der Waals surface area (Å²) in [5.74, 6) is -1.79. The number of hydrogen-bond donors (Lipinski definition) is 1. The van der Waals surface area contributed by atoms with Gasteiger partial charge in [0.25, 0.3) is 0 Å². The van der Waals surface area contributed by atoms with E-state index in [4.69, 9.17) is 9.84 Å². The second-order valence-electron chi connectivity index (χ2n) is 3.43. The van der Waals surface area contributed by atoms with Crippen molar-refractivity contribution in [3.05, 3.63) is 48.0 Å². The molecule has 0 fully saturated rings. The van der Waals surface area contributed by atoms with Crippen molar-refractivity contribution in [1.29, 1.82) is 0 Å². The Morgan fingerprint density at radius 1 is 1.18 bits per heavy atom. The standard InChI is InChI=1S/C13H14O4/c14-12(15)8-9-13(16)17-10-4-7-11-5-2-1-3-6-11/h1-3,5-6,8-9H,4,7,10H2,(H,14,15)/b9-8-. The Balaban J connectivity index is 2.16. The maximum atomic E-state index is 11.0. The molecule has 1 aromatic rings. The molecular formula is C13H14O4. The third kappa shape index (κ3) is 6.14. The van der Waals surface area contributed by atoms with Crippen LogP contribution in [0.2, 0.25) is 0 Å². The molecule has 1 N–H and O–H groups in total. The lowest BCUT2D eigenvalue weighted by molar-refractivity contribution is -0.138. The van der Waals surface area contributed by atoms with E-state index in [2.05, 4.69) is 0 Å². The zero-order valence-electron chi connectivity index (χ0n) is 9.33. The Morgan fingerprint density at radius 2 is 1.88 bits per heavy atom. The van der Waals surface area contributed by atoms with Crippen LogP contribution in [0.5, 0.6) is 0 Å². The first-order valence-electron chi connectivity index (χ1n) is 5.30. The van der Waals surface area contributed by atoms with Gasteiger partial charge in [0.2, 0.25) is 0 Å². The summed E-state index contributed by atoms with van der Waals surface area (Å²) < 4.78 is 4.83. The molecule has 4 heteroatoms. The van der Waals surface area contributed by atoms with Gasteiger partial charge < -0.3 is 9.84 Å². The summed E-state index contributed by atoms with van der Waals surface area (Å²) in [6.45, 7) is 0.289. The minimum atomic E-state index is -1.16. The van der Waals surface area contributed by atoms with Crippen molar-refractivity contribution in [2.24, 2.45) is 0 Å². The second kappa shape index (κ2) is 7.22. The second-order valence-corrected chi connectivity index (χ2v) is 3.43. The van der Waals surface area contributed by atoms with Crippen LogP contribution in [-0.2, 0) is 20.7 Å². The zero-order chi connectivity index (χ0) is 12.5. The number of ether oxygens (including phenoxy) is 1. The minimum Gasteiger partial charge on any atom is -0.478 e. The first kappa shape index (κ1) is 13.0. The Bertz CT molecular complexity index is 395. The van der Waals surface area contributed by atoms with Crippen LogP contribution in [0.1, 0.15) is 12.0 Å². The van der Waals surface area contributed by atoms with Gasteiger partial charge >= 0.3 is 11.9 Å². The third-order valence-corrected chi connectivity index (χ3v) is 2.06. The summed E-state index contributed by atoms with van der Waals surface area (Å²) in [5.41, 5.74) is 1.18. The molecule has 0 aliphatic carbocycles. The predicted octanol–water partition coefficient (Wildman–Crippen LogP) is 1.80. The van der Waals surface area contributed by atoms with Crippen LogP contribution < -0.4 is 0 Å². The fourth-order valence-corrected chi connectivity index (χ4v) is 1.28. The smallest absolute Gasteiger partial charge is 0.331 e. The van der Waals surface area contributed by atoms with Gasteiger partial charge in [-0.25, -0.2) is 9.59 Å². The molecule has 0 aliphatic heterocycles. The van der Waals surface area contributed by atoms with Gasteiger partial charge in [0.05, 0.1) is 6.61 Å². The molecular weight excluding hydrogens is 220 g/mol. The van der Waals surface area contributed by atoms with E-state index < -0.39 is 11.9 Å². The molecule has 0 spiro atoms. The van der Waals surface area contributed by atoms with Crippen molar-refractivity contribution in [3.63, 3.8) is 0 Å². The van der Waals surface area contributed by atoms with Gasteiger partial charge in [-0.1, -0.05) is 30.3 Å². The monoisotopic (exact) mass is 234 g/mol. The van der Waals surface area contributed by atoms with Crippen molar-refractivity contribution >= 4 is 11.9 Å². The molecule has 0 unspecified atom stereocenters. The first-order valence-corrected chi connectivity index (χ1v) is 5.30. The molecule has 90 valence electrons. The SMILES string of the molecule is O=C(O)/C=C\C(=O)OCCCc1ccccc1. The highest BCUT2D eigenvalue weighted by Crippen LogP contribution is 2.02. The van der Waals surface area contributed by atoms with Gasteiger partial charge in [0.1, 0.15) is 0 Å². The number of carboxylic acid groups (broad SMARTS) is 1. The molecule has 1 aromatic carbocycles. The van der Waals surface area contributed by atoms with Gasteiger partial charge in [0.15, 0.2) is 0 Å². The van der Waals surface area contributed by atoms with Gasteiger partial charge in [-0.3, -0.25) is 0 Å². The highest BCUT2D eigenvalue weighted by Gasteiger charge is 1.98. The summed E-state index contributed by atoms with van der Waals surface area (Å²) in [5, 5.41) is 8.29. The maximum absolute atomic E-state index is 11.0. The number of aliphatic carboxylic acids is 1. The molecule has 4 nitrogen and oxygen atoms in total. The molecule has 17 heavy (non-hydrogen) atoms. The van der Waals surface area contributed by atoms with E-state index in [0.29, 0.717) is 0 Å². The molecule has 0 aromatic heterocycles. The molecule has 0 saturated heterocycles. The highest BCUT2D eigenvalue weighted by molar-refractivity contribution is 5.90. The van der Waals surface area contributed by atoms with E-state index in [-0.39, 0.29) is 6.61 Å². The molecule has 0 saturated carbocycles. The van der Waals surface area contributed by atoms with Crippen molar-refractivity contribution < 1.29 is 19.4 Å². The first-order chi connectivity index (χ1) is 8.18. The van der Waals surface area contributed by atoms with Crippen molar-refractivity contribution in [2.75, 3.05) is 6.61 Å². The Labute approximate surface area is 99.5 Å². The van der Waals surface area contributed by atoms with Crippen LogP contribution in [0.25, 0.3) is 0 Å². The van der Waals surface area contributed by atoms with Gasteiger partial charge in [-0.15, -0.1) is 0 Å². The van der Waals surface area contributed by atoms with E-state index in [0.717, 1.165) is 25.0 Å². The predicted molar refractivity (Wildman–Crippen MR) is 62.5 cm³/mol. The number of rotatable bonds is 6. The lowest BCUT2D eigenvalue weighted by atomic mass is 10.1. The fourth-order valence-electron chi connectivity index (χ4n) is 1.28. The Morgan fingerprint density at radius 3 is 2.53 bits per heavy atom. The summed E-state index contributed by atoms with van der Waals surface area (Å²) in [6, 6.07) is 9.87. The summed E-state index contributed by atoms with van der Waals surface area (Å²) >= 11 is 0. The Hall–Kier alpha value is -2.10. The molecule has 0 aliphatic rings. The number of aryl methyl sites for hydroxylation is 1. The topological polar surface area (TPSA) is 63.6 Å². The quantitative estimate of drug-likeness (QED) is 0.463. The van der Waals surface area contributed by atoms with E-state index in [1.807, 2.05) is 30.3 Å². The summed E-state index contributed by atoms with van der Waals surface area (Å²) in [7, 11) is 0. The molecule has 0 amide bonds. The van der Waals surface area contributed by atoms with Crippen LogP contribution in [0.4, 0.5) is 0 Å². The summed E-state index contributed by atoms with van der Waals surface area (Å²) in [6.07, 6.45) is 3.22. The molecule has 0 heterocycles.